The van der Waals surface area contributed by atoms with Crippen molar-refractivity contribution in [3.05, 3.63) is 47.1 Å². The molecule has 2 aromatic heterocycles. The fourth-order valence-electron chi connectivity index (χ4n) is 2.31. The Hall–Kier alpha value is -2.42. The van der Waals surface area contributed by atoms with Crippen LogP contribution in [0.1, 0.15) is 5.56 Å². The van der Waals surface area contributed by atoms with Crippen LogP contribution in [-0.2, 0) is 11.0 Å². The van der Waals surface area contributed by atoms with Gasteiger partial charge in [-0.25, -0.2) is 0 Å². The summed E-state index contributed by atoms with van der Waals surface area (Å²) in [6.07, 6.45) is -3.73. The number of amides is 1. The van der Waals surface area contributed by atoms with E-state index in [2.05, 4.69) is 15.5 Å². The molecule has 0 spiro atoms. The number of nitrogens with one attached hydrogen (secondary N) is 1. The number of hydrogen-bond donors (Lipinski definition) is 1. The first-order chi connectivity index (χ1) is 13.8. The Bertz CT molecular complexity index is 1100. The van der Waals surface area contributed by atoms with Crippen LogP contribution >= 0.6 is 35.1 Å². The standard InChI is InChI=1S/C17H11ClF3N5OS2/c18-11-7-10(17(19,20)21)8-26-15(11)24-25-16(26)29-9-14(27)23-12-3-1-2-4-13(12)28-6-5-22/h1-4,7-8H,6,9H2,(H,23,27). The van der Waals surface area contributed by atoms with Crippen LogP contribution in [0.15, 0.2) is 46.6 Å². The Balaban J connectivity index is 1.74. The number of halogens is 4. The number of para-hydroxylation sites is 1. The average molecular weight is 458 g/mol. The summed E-state index contributed by atoms with van der Waals surface area (Å²) in [5, 5.41) is 19.0. The third-order valence-electron chi connectivity index (χ3n) is 3.54. The van der Waals surface area contributed by atoms with Gasteiger partial charge in [-0.15, -0.1) is 22.0 Å². The summed E-state index contributed by atoms with van der Waals surface area (Å²) in [5.74, 6) is -0.253. The van der Waals surface area contributed by atoms with Gasteiger partial charge in [0, 0.05) is 11.1 Å². The number of pyridine rings is 1. The molecule has 1 amide bonds. The van der Waals surface area contributed by atoms with Gasteiger partial charge in [0.2, 0.25) is 5.91 Å². The largest absolute Gasteiger partial charge is 0.417 e. The topological polar surface area (TPSA) is 83.1 Å². The van der Waals surface area contributed by atoms with E-state index in [4.69, 9.17) is 16.9 Å². The third kappa shape index (κ3) is 5.14. The van der Waals surface area contributed by atoms with E-state index >= 15 is 0 Å². The number of benzene rings is 1. The van der Waals surface area contributed by atoms with Crippen LogP contribution in [0.4, 0.5) is 18.9 Å². The van der Waals surface area contributed by atoms with Crippen LogP contribution in [-0.4, -0.2) is 32.0 Å². The monoisotopic (exact) mass is 457 g/mol. The molecule has 12 heteroatoms. The van der Waals surface area contributed by atoms with Crippen LogP contribution in [0, 0.1) is 11.3 Å². The molecule has 0 bridgehead atoms. The molecule has 29 heavy (non-hydrogen) atoms. The lowest BCUT2D eigenvalue weighted by atomic mass is 10.3. The Kier molecular flexibility index (Phi) is 6.56. The summed E-state index contributed by atoms with van der Waals surface area (Å²) < 4.78 is 40.1. The maximum absolute atomic E-state index is 13.0. The number of nitriles is 1. The highest BCUT2D eigenvalue weighted by atomic mass is 35.5. The molecular formula is C17H11ClF3N5OS2. The molecule has 0 fully saturated rings. The normalized spacial score (nSPS) is 11.4. The lowest BCUT2D eigenvalue weighted by molar-refractivity contribution is -0.137. The zero-order chi connectivity index (χ0) is 21.0. The first-order valence-corrected chi connectivity index (χ1v) is 10.3. The molecule has 0 saturated carbocycles. The summed E-state index contributed by atoms with van der Waals surface area (Å²) >= 11 is 8.08. The van der Waals surface area contributed by atoms with E-state index < -0.39 is 11.7 Å². The lowest BCUT2D eigenvalue weighted by Crippen LogP contribution is -2.15. The van der Waals surface area contributed by atoms with Gasteiger partial charge in [-0.3, -0.25) is 9.20 Å². The lowest BCUT2D eigenvalue weighted by Gasteiger charge is -2.10. The number of anilines is 1. The van der Waals surface area contributed by atoms with Gasteiger partial charge >= 0.3 is 6.18 Å². The summed E-state index contributed by atoms with van der Waals surface area (Å²) in [6, 6.07) is 9.80. The second-order valence-electron chi connectivity index (χ2n) is 5.53. The molecule has 0 unspecified atom stereocenters. The fourth-order valence-corrected chi connectivity index (χ4v) is 3.93. The highest BCUT2D eigenvalue weighted by Crippen LogP contribution is 2.33. The van der Waals surface area contributed by atoms with Crippen LogP contribution in [0.25, 0.3) is 5.65 Å². The quantitative estimate of drug-likeness (QED) is 0.538. The summed E-state index contributed by atoms with van der Waals surface area (Å²) in [7, 11) is 0. The maximum atomic E-state index is 13.0. The van der Waals surface area contributed by atoms with Gasteiger partial charge in [0.1, 0.15) is 0 Å². The van der Waals surface area contributed by atoms with Crippen molar-refractivity contribution < 1.29 is 18.0 Å². The molecule has 3 rings (SSSR count). The number of alkyl halides is 3. The number of fused-ring (bicyclic) bond motifs is 1. The van der Waals surface area contributed by atoms with Crippen LogP contribution in [0.2, 0.25) is 5.02 Å². The van der Waals surface area contributed by atoms with Gasteiger partial charge < -0.3 is 5.32 Å². The smallest absolute Gasteiger partial charge is 0.324 e. The number of aromatic nitrogens is 3. The van der Waals surface area contributed by atoms with Crippen molar-refractivity contribution >= 4 is 52.4 Å². The van der Waals surface area contributed by atoms with Gasteiger partial charge in [0.15, 0.2) is 10.8 Å². The molecule has 1 aromatic carbocycles. The van der Waals surface area contributed by atoms with Gasteiger partial charge in [-0.2, -0.15) is 18.4 Å². The Labute approximate surface area is 176 Å². The van der Waals surface area contributed by atoms with Crippen molar-refractivity contribution in [2.45, 2.75) is 16.2 Å². The molecule has 0 saturated heterocycles. The number of carbonyl (C=O) groups excluding carboxylic acids is 1. The van der Waals surface area contributed by atoms with Crippen molar-refractivity contribution in [3.8, 4) is 6.07 Å². The van der Waals surface area contributed by atoms with Crippen molar-refractivity contribution in [1.29, 1.82) is 5.26 Å². The molecule has 0 radical (unpaired) electrons. The van der Waals surface area contributed by atoms with Crippen molar-refractivity contribution in [3.63, 3.8) is 0 Å². The molecule has 2 heterocycles. The maximum Gasteiger partial charge on any atom is 0.417 e. The van der Waals surface area contributed by atoms with Gasteiger partial charge in [-0.1, -0.05) is 35.5 Å². The molecule has 0 aliphatic heterocycles. The van der Waals surface area contributed by atoms with E-state index in [9.17, 15) is 18.0 Å². The van der Waals surface area contributed by atoms with Crippen molar-refractivity contribution in [1.82, 2.24) is 14.6 Å². The second-order valence-corrected chi connectivity index (χ2v) is 7.90. The highest BCUT2D eigenvalue weighted by Gasteiger charge is 2.32. The molecule has 6 nitrogen and oxygen atoms in total. The SMILES string of the molecule is N#CCSc1ccccc1NC(=O)CSc1nnc2c(Cl)cc(C(F)(F)F)cn12. The summed E-state index contributed by atoms with van der Waals surface area (Å²) in [5.41, 5.74) is -0.322. The molecule has 0 atom stereocenters. The number of nitrogens with zero attached hydrogens (tertiary/aromatic N) is 4. The second kappa shape index (κ2) is 8.94. The highest BCUT2D eigenvalue weighted by molar-refractivity contribution is 8.00. The first kappa shape index (κ1) is 21.3. The van der Waals surface area contributed by atoms with Gasteiger partial charge in [0.05, 0.1) is 33.8 Å². The van der Waals surface area contributed by atoms with E-state index in [-0.39, 0.29) is 33.2 Å². The number of thioether (sulfide) groups is 2. The molecule has 150 valence electrons. The average Bonchev–Trinajstić information content (AvgIpc) is 3.09. The molecular weight excluding hydrogens is 447 g/mol. The molecule has 0 aliphatic carbocycles. The molecule has 3 aromatic rings. The minimum atomic E-state index is -4.58. The predicted octanol–water partition coefficient (Wildman–Crippen LogP) is 4.75. The van der Waals surface area contributed by atoms with Crippen molar-refractivity contribution in [2.24, 2.45) is 0 Å². The summed E-state index contributed by atoms with van der Waals surface area (Å²) in [4.78, 5) is 13.0. The minimum Gasteiger partial charge on any atom is -0.324 e. The van der Waals surface area contributed by atoms with E-state index in [1.165, 1.54) is 11.8 Å². The van der Waals surface area contributed by atoms with E-state index in [0.29, 0.717) is 5.69 Å². The number of rotatable bonds is 6. The summed E-state index contributed by atoms with van der Waals surface area (Å²) in [6.45, 7) is 0. The first-order valence-electron chi connectivity index (χ1n) is 7.92. The number of carbonyl (C=O) groups is 1. The van der Waals surface area contributed by atoms with E-state index in [0.717, 1.165) is 33.3 Å². The third-order valence-corrected chi connectivity index (χ3v) is 5.70. The Morgan fingerprint density at radius 2 is 2.03 bits per heavy atom. The van der Waals surface area contributed by atoms with E-state index in [1.807, 2.05) is 6.07 Å². The van der Waals surface area contributed by atoms with Crippen LogP contribution in [0.5, 0.6) is 0 Å². The van der Waals surface area contributed by atoms with Gasteiger partial charge in [0.25, 0.3) is 0 Å². The Morgan fingerprint density at radius 3 is 2.76 bits per heavy atom. The van der Waals surface area contributed by atoms with Crippen LogP contribution < -0.4 is 5.32 Å². The molecule has 1 N–H and O–H groups in total. The van der Waals surface area contributed by atoms with Gasteiger partial charge in [-0.05, 0) is 18.2 Å². The van der Waals surface area contributed by atoms with Crippen molar-refractivity contribution in [2.75, 3.05) is 16.8 Å². The molecule has 0 aliphatic rings. The van der Waals surface area contributed by atoms with Crippen LogP contribution in [0.3, 0.4) is 0 Å². The number of hydrogen-bond acceptors (Lipinski definition) is 6. The predicted molar refractivity (Wildman–Crippen MR) is 105 cm³/mol. The fraction of sp³-hybridized carbons (Fsp3) is 0.176. The van der Waals surface area contributed by atoms with E-state index in [1.54, 1.807) is 24.3 Å². The zero-order valence-corrected chi connectivity index (χ0v) is 16.8. The zero-order valence-electron chi connectivity index (χ0n) is 14.4. The minimum absolute atomic E-state index is 0.0702. The Morgan fingerprint density at radius 1 is 1.28 bits per heavy atom.